The topological polar surface area (TPSA) is 47.6 Å². The molecule has 4 heteroatoms. The lowest BCUT2D eigenvalue weighted by atomic mass is 10.2. The number of hydrogen-bond donors (Lipinski definition) is 1. The molecule has 2 aromatic carbocycles. The number of hydrogen-bond acceptors (Lipinski definition) is 3. The number of amides is 1. The molecular weight excluding hydrogens is 278 g/mol. The molecule has 0 unspecified atom stereocenters. The summed E-state index contributed by atoms with van der Waals surface area (Å²) in [6, 6.07) is 14.7. The van der Waals surface area contributed by atoms with Gasteiger partial charge in [0.1, 0.15) is 18.1 Å². The highest BCUT2D eigenvalue weighted by Crippen LogP contribution is 2.17. The SMILES string of the molecule is C=CCOc1cccc(NC(=O)COc2ccc(C)cc2)c1. The summed E-state index contributed by atoms with van der Waals surface area (Å²) in [7, 11) is 0. The third-order valence-electron chi connectivity index (χ3n) is 2.88. The molecule has 0 atom stereocenters. The van der Waals surface area contributed by atoms with E-state index in [-0.39, 0.29) is 12.5 Å². The minimum absolute atomic E-state index is 0.0409. The van der Waals surface area contributed by atoms with E-state index in [9.17, 15) is 4.79 Å². The van der Waals surface area contributed by atoms with Crippen LogP contribution in [0.4, 0.5) is 5.69 Å². The maximum absolute atomic E-state index is 11.9. The summed E-state index contributed by atoms with van der Waals surface area (Å²) in [5.74, 6) is 1.13. The van der Waals surface area contributed by atoms with Crippen molar-refractivity contribution in [1.82, 2.24) is 0 Å². The van der Waals surface area contributed by atoms with Crippen molar-refractivity contribution in [2.45, 2.75) is 6.92 Å². The molecule has 114 valence electrons. The monoisotopic (exact) mass is 297 g/mol. The molecule has 1 amide bonds. The number of nitrogens with one attached hydrogen (secondary N) is 1. The van der Waals surface area contributed by atoms with E-state index >= 15 is 0 Å². The Balaban J connectivity index is 1.86. The summed E-state index contributed by atoms with van der Waals surface area (Å²) in [5, 5.41) is 2.77. The van der Waals surface area contributed by atoms with Gasteiger partial charge in [-0.15, -0.1) is 0 Å². The fraction of sp³-hybridized carbons (Fsp3) is 0.167. The van der Waals surface area contributed by atoms with Crippen molar-refractivity contribution < 1.29 is 14.3 Å². The van der Waals surface area contributed by atoms with E-state index in [1.165, 1.54) is 0 Å². The van der Waals surface area contributed by atoms with Gasteiger partial charge < -0.3 is 14.8 Å². The minimum Gasteiger partial charge on any atom is -0.489 e. The third kappa shape index (κ3) is 4.98. The Morgan fingerprint density at radius 3 is 2.64 bits per heavy atom. The van der Waals surface area contributed by atoms with Crippen molar-refractivity contribution in [2.75, 3.05) is 18.5 Å². The second-order valence-corrected chi connectivity index (χ2v) is 4.78. The van der Waals surface area contributed by atoms with Gasteiger partial charge in [-0.05, 0) is 31.2 Å². The summed E-state index contributed by atoms with van der Waals surface area (Å²) in [4.78, 5) is 11.9. The molecule has 4 nitrogen and oxygen atoms in total. The first kappa shape index (κ1) is 15.6. The summed E-state index contributed by atoms with van der Waals surface area (Å²) in [6.07, 6.45) is 1.67. The molecular formula is C18H19NO3. The number of carbonyl (C=O) groups excluding carboxylic acids is 1. The zero-order valence-corrected chi connectivity index (χ0v) is 12.5. The normalized spacial score (nSPS) is 9.86. The molecule has 0 saturated heterocycles. The zero-order valence-electron chi connectivity index (χ0n) is 12.5. The van der Waals surface area contributed by atoms with Crippen molar-refractivity contribution in [1.29, 1.82) is 0 Å². The molecule has 0 fully saturated rings. The highest BCUT2D eigenvalue weighted by atomic mass is 16.5. The Labute approximate surface area is 130 Å². The van der Waals surface area contributed by atoms with Crippen molar-refractivity contribution in [3.63, 3.8) is 0 Å². The molecule has 2 rings (SSSR count). The van der Waals surface area contributed by atoms with Crippen LogP contribution in [0.25, 0.3) is 0 Å². The second-order valence-electron chi connectivity index (χ2n) is 4.78. The lowest BCUT2D eigenvalue weighted by molar-refractivity contribution is -0.118. The number of rotatable bonds is 7. The van der Waals surface area contributed by atoms with E-state index in [4.69, 9.17) is 9.47 Å². The number of carbonyl (C=O) groups is 1. The first-order valence-corrected chi connectivity index (χ1v) is 7.00. The van der Waals surface area contributed by atoms with Crippen LogP contribution in [-0.2, 0) is 4.79 Å². The predicted octanol–water partition coefficient (Wildman–Crippen LogP) is 3.58. The molecule has 1 N–H and O–H groups in total. The van der Waals surface area contributed by atoms with Gasteiger partial charge in [-0.25, -0.2) is 0 Å². The smallest absolute Gasteiger partial charge is 0.262 e. The van der Waals surface area contributed by atoms with E-state index in [1.807, 2.05) is 43.3 Å². The van der Waals surface area contributed by atoms with Gasteiger partial charge in [0, 0.05) is 11.8 Å². The van der Waals surface area contributed by atoms with Gasteiger partial charge in [0.15, 0.2) is 6.61 Å². The van der Waals surface area contributed by atoms with Crippen LogP contribution in [0.2, 0.25) is 0 Å². The van der Waals surface area contributed by atoms with Crippen molar-refractivity contribution >= 4 is 11.6 Å². The molecule has 0 saturated carbocycles. The van der Waals surface area contributed by atoms with E-state index in [0.29, 0.717) is 23.8 Å². The van der Waals surface area contributed by atoms with Gasteiger partial charge in [-0.2, -0.15) is 0 Å². The Kier molecular flexibility index (Phi) is 5.60. The average Bonchev–Trinajstić information content (AvgIpc) is 2.53. The van der Waals surface area contributed by atoms with E-state index < -0.39 is 0 Å². The van der Waals surface area contributed by atoms with Gasteiger partial charge in [-0.3, -0.25) is 4.79 Å². The number of anilines is 1. The predicted molar refractivity (Wildman–Crippen MR) is 87.4 cm³/mol. The van der Waals surface area contributed by atoms with Gasteiger partial charge in [0.25, 0.3) is 5.91 Å². The standard InChI is InChI=1S/C18H19NO3/c1-3-11-21-17-6-4-5-15(12-17)19-18(20)13-22-16-9-7-14(2)8-10-16/h3-10,12H,1,11,13H2,2H3,(H,19,20). The minimum atomic E-state index is -0.221. The van der Waals surface area contributed by atoms with Crippen molar-refractivity contribution in [3.05, 3.63) is 66.7 Å². The summed E-state index contributed by atoms with van der Waals surface area (Å²) in [5.41, 5.74) is 1.81. The van der Waals surface area contributed by atoms with E-state index in [2.05, 4.69) is 11.9 Å². The highest BCUT2D eigenvalue weighted by Gasteiger charge is 2.04. The first-order chi connectivity index (χ1) is 10.7. The van der Waals surface area contributed by atoms with Crippen LogP contribution < -0.4 is 14.8 Å². The Morgan fingerprint density at radius 1 is 1.14 bits per heavy atom. The molecule has 0 radical (unpaired) electrons. The number of ether oxygens (including phenoxy) is 2. The largest absolute Gasteiger partial charge is 0.489 e. The van der Waals surface area contributed by atoms with Crippen LogP contribution in [0, 0.1) is 6.92 Å². The lowest BCUT2D eigenvalue weighted by Gasteiger charge is -2.09. The highest BCUT2D eigenvalue weighted by molar-refractivity contribution is 5.92. The molecule has 0 bridgehead atoms. The van der Waals surface area contributed by atoms with Crippen LogP contribution in [0.3, 0.4) is 0 Å². The number of aryl methyl sites for hydroxylation is 1. The molecule has 0 heterocycles. The van der Waals surface area contributed by atoms with Gasteiger partial charge in [0.05, 0.1) is 0 Å². The second kappa shape index (κ2) is 7.88. The first-order valence-electron chi connectivity index (χ1n) is 7.00. The van der Waals surface area contributed by atoms with Crippen LogP contribution in [0.15, 0.2) is 61.2 Å². The molecule has 0 aliphatic rings. The molecule has 2 aromatic rings. The molecule has 0 aromatic heterocycles. The summed E-state index contributed by atoms with van der Waals surface area (Å²) in [6.45, 7) is 5.98. The quantitative estimate of drug-likeness (QED) is 0.795. The van der Waals surface area contributed by atoms with E-state index in [1.54, 1.807) is 18.2 Å². The fourth-order valence-electron chi connectivity index (χ4n) is 1.80. The Morgan fingerprint density at radius 2 is 1.91 bits per heavy atom. The molecule has 22 heavy (non-hydrogen) atoms. The lowest BCUT2D eigenvalue weighted by Crippen LogP contribution is -2.20. The maximum atomic E-state index is 11.9. The van der Waals surface area contributed by atoms with Gasteiger partial charge in [0.2, 0.25) is 0 Å². The van der Waals surface area contributed by atoms with Crippen molar-refractivity contribution in [2.24, 2.45) is 0 Å². The van der Waals surface area contributed by atoms with Crippen LogP contribution in [0.5, 0.6) is 11.5 Å². The third-order valence-corrected chi connectivity index (χ3v) is 2.88. The van der Waals surface area contributed by atoms with Crippen LogP contribution in [-0.4, -0.2) is 19.1 Å². The molecule has 0 aliphatic heterocycles. The fourth-order valence-corrected chi connectivity index (χ4v) is 1.80. The van der Waals surface area contributed by atoms with Crippen LogP contribution in [0.1, 0.15) is 5.56 Å². The molecule has 0 aliphatic carbocycles. The molecule has 0 spiro atoms. The Hall–Kier alpha value is -2.75. The average molecular weight is 297 g/mol. The van der Waals surface area contributed by atoms with Gasteiger partial charge in [-0.1, -0.05) is 36.4 Å². The zero-order chi connectivity index (χ0) is 15.8. The maximum Gasteiger partial charge on any atom is 0.262 e. The Bertz CT molecular complexity index is 635. The van der Waals surface area contributed by atoms with Crippen molar-refractivity contribution in [3.8, 4) is 11.5 Å². The summed E-state index contributed by atoms with van der Waals surface area (Å²) >= 11 is 0. The van der Waals surface area contributed by atoms with Crippen LogP contribution >= 0.6 is 0 Å². The van der Waals surface area contributed by atoms with Gasteiger partial charge >= 0.3 is 0 Å². The van der Waals surface area contributed by atoms with E-state index in [0.717, 1.165) is 5.56 Å². The number of benzene rings is 2. The summed E-state index contributed by atoms with van der Waals surface area (Å²) < 4.78 is 10.9.